The van der Waals surface area contributed by atoms with Crippen LogP contribution in [0, 0.1) is 0 Å². The molecule has 1 saturated heterocycles. The minimum Gasteiger partial charge on any atom is -0.459 e. The van der Waals surface area contributed by atoms with Crippen LogP contribution in [-0.2, 0) is 20.9 Å². The summed E-state index contributed by atoms with van der Waals surface area (Å²) in [6.45, 7) is 2.16. The van der Waals surface area contributed by atoms with Gasteiger partial charge in [0.15, 0.2) is 0 Å². The van der Waals surface area contributed by atoms with Gasteiger partial charge in [-0.25, -0.2) is 9.59 Å². The largest absolute Gasteiger partial charge is 0.459 e. The molecule has 3 rings (SSSR count). The molecule has 7 heteroatoms. The highest BCUT2D eigenvalue weighted by Crippen LogP contribution is 2.28. The number of benzene rings is 2. The second kappa shape index (κ2) is 11.1. The second-order valence-corrected chi connectivity index (χ2v) is 7.74. The number of nitrogens with one attached hydrogen (secondary N) is 1. The molecule has 1 fully saturated rings. The first-order valence-corrected chi connectivity index (χ1v) is 10.8. The number of amides is 3. The Morgan fingerprint density at radius 3 is 2.41 bits per heavy atom. The van der Waals surface area contributed by atoms with Crippen LogP contribution in [-0.4, -0.2) is 40.9 Å². The predicted octanol–water partition coefficient (Wildman–Crippen LogP) is 3.25. The summed E-state index contributed by atoms with van der Waals surface area (Å²) in [6.07, 6.45) is 5.80. The number of primary amides is 1. The Kier molecular flexibility index (Phi) is 8.02. The zero-order chi connectivity index (χ0) is 22.9. The number of esters is 1. The van der Waals surface area contributed by atoms with Crippen molar-refractivity contribution >= 4 is 24.0 Å². The summed E-state index contributed by atoms with van der Waals surface area (Å²) in [6, 6.07) is 16.2. The van der Waals surface area contributed by atoms with E-state index in [1.807, 2.05) is 79.7 Å². The molecule has 3 N–H and O–H groups in total. The van der Waals surface area contributed by atoms with E-state index in [1.54, 1.807) is 0 Å². The molecular formula is C25H29N3O4. The van der Waals surface area contributed by atoms with Crippen LogP contribution in [0.25, 0.3) is 6.08 Å². The van der Waals surface area contributed by atoms with Crippen molar-refractivity contribution in [2.45, 2.75) is 50.9 Å². The number of rotatable bonds is 10. The number of likely N-dealkylation sites (tertiary alicyclic amines) is 1. The smallest absolute Gasteiger partial charge is 0.329 e. The number of ether oxygens (including phenoxy) is 1. The van der Waals surface area contributed by atoms with Gasteiger partial charge in [-0.05, 0) is 17.5 Å². The summed E-state index contributed by atoms with van der Waals surface area (Å²) in [5, 5.41) is 2.50. The van der Waals surface area contributed by atoms with Gasteiger partial charge in [0.1, 0.15) is 18.7 Å². The summed E-state index contributed by atoms with van der Waals surface area (Å²) in [4.78, 5) is 38.9. The molecule has 3 unspecified atom stereocenters. The van der Waals surface area contributed by atoms with E-state index >= 15 is 0 Å². The van der Waals surface area contributed by atoms with Crippen LogP contribution in [0.3, 0.4) is 0 Å². The fraction of sp³-hybridized carbons (Fsp3) is 0.320. The van der Waals surface area contributed by atoms with Gasteiger partial charge in [0, 0.05) is 0 Å². The van der Waals surface area contributed by atoms with E-state index in [1.165, 1.54) is 4.90 Å². The average molecular weight is 436 g/mol. The van der Waals surface area contributed by atoms with Crippen LogP contribution < -0.4 is 11.1 Å². The standard InChI is InChI=1S/C25H29N3O4/c1-2-3-14-21(24(30)32-17-19-12-8-5-9-13-19)28-20(22(23(28)29)27-25(26)31)16-15-18-10-6-4-7-11-18/h4-13,15-16,20-22H,2-3,14,17H2,1H3,(H3,26,27,31). The summed E-state index contributed by atoms with van der Waals surface area (Å²) in [5.41, 5.74) is 7.09. The summed E-state index contributed by atoms with van der Waals surface area (Å²) < 4.78 is 5.55. The van der Waals surface area contributed by atoms with Crippen molar-refractivity contribution in [3.63, 3.8) is 0 Å². The number of hydrogen-bond acceptors (Lipinski definition) is 4. The number of nitrogens with zero attached hydrogens (tertiary/aromatic N) is 1. The molecule has 0 spiro atoms. The predicted molar refractivity (Wildman–Crippen MR) is 122 cm³/mol. The number of carbonyl (C=O) groups excluding carboxylic acids is 3. The lowest BCUT2D eigenvalue weighted by Crippen LogP contribution is -2.73. The van der Waals surface area contributed by atoms with Gasteiger partial charge in [0.2, 0.25) is 5.91 Å². The first-order chi connectivity index (χ1) is 15.5. The Morgan fingerprint density at radius 1 is 1.12 bits per heavy atom. The maximum Gasteiger partial charge on any atom is 0.329 e. The zero-order valence-corrected chi connectivity index (χ0v) is 18.1. The number of nitrogens with two attached hydrogens (primary N) is 1. The lowest BCUT2D eigenvalue weighted by atomic mass is 9.89. The maximum atomic E-state index is 13.0. The molecule has 3 atom stereocenters. The lowest BCUT2D eigenvalue weighted by molar-refractivity contribution is -0.167. The molecule has 0 saturated carbocycles. The summed E-state index contributed by atoms with van der Waals surface area (Å²) >= 11 is 0. The zero-order valence-electron chi connectivity index (χ0n) is 18.1. The molecule has 168 valence electrons. The van der Waals surface area contributed by atoms with E-state index in [2.05, 4.69) is 5.32 Å². The highest BCUT2D eigenvalue weighted by atomic mass is 16.5. The molecule has 0 aliphatic carbocycles. The molecule has 2 aromatic rings. The second-order valence-electron chi connectivity index (χ2n) is 7.74. The van der Waals surface area contributed by atoms with E-state index in [9.17, 15) is 14.4 Å². The van der Waals surface area contributed by atoms with Gasteiger partial charge in [-0.2, -0.15) is 0 Å². The van der Waals surface area contributed by atoms with Gasteiger partial charge < -0.3 is 20.7 Å². The minimum atomic E-state index is -0.807. The number of urea groups is 1. The fourth-order valence-corrected chi connectivity index (χ4v) is 3.76. The first-order valence-electron chi connectivity index (χ1n) is 10.8. The Hall–Kier alpha value is -3.61. The third-order valence-electron chi connectivity index (χ3n) is 5.43. The number of unbranched alkanes of at least 4 members (excludes halogenated alkanes) is 1. The molecular weight excluding hydrogens is 406 g/mol. The number of hydrogen-bond donors (Lipinski definition) is 2. The van der Waals surface area contributed by atoms with Crippen LogP contribution >= 0.6 is 0 Å². The Morgan fingerprint density at radius 2 is 1.78 bits per heavy atom. The quantitative estimate of drug-likeness (QED) is 0.442. The van der Waals surface area contributed by atoms with Crippen molar-refractivity contribution in [1.29, 1.82) is 0 Å². The molecule has 1 aliphatic heterocycles. The van der Waals surface area contributed by atoms with E-state index < -0.39 is 30.1 Å². The molecule has 1 heterocycles. The average Bonchev–Trinajstić information content (AvgIpc) is 2.81. The molecule has 2 aromatic carbocycles. The van der Waals surface area contributed by atoms with Gasteiger partial charge in [0.25, 0.3) is 0 Å². The highest BCUT2D eigenvalue weighted by Gasteiger charge is 2.51. The van der Waals surface area contributed by atoms with Crippen LogP contribution in [0.1, 0.15) is 37.3 Å². The topological polar surface area (TPSA) is 102 Å². The van der Waals surface area contributed by atoms with Gasteiger partial charge in [-0.1, -0.05) is 92.6 Å². The molecule has 3 amide bonds. The monoisotopic (exact) mass is 435 g/mol. The van der Waals surface area contributed by atoms with E-state index in [4.69, 9.17) is 10.5 Å². The Balaban J connectivity index is 1.79. The Labute approximate surface area is 188 Å². The lowest BCUT2D eigenvalue weighted by Gasteiger charge is -2.48. The van der Waals surface area contributed by atoms with Crippen LogP contribution in [0.2, 0.25) is 0 Å². The minimum absolute atomic E-state index is 0.137. The maximum absolute atomic E-state index is 13.0. The molecule has 0 bridgehead atoms. The van der Waals surface area contributed by atoms with Gasteiger partial charge in [-0.3, -0.25) is 4.79 Å². The molecule has 7 nitrogen and oxygen atoms in total. The van der Waals surface area contributed by atoms with Crippen molar-refractivity contribution in [2.75, 3.05) is 0 Å². The summed E-state index contributed by atoms with van der Waals surface area (Å²) in [5.74, 6) is -0.796. The third-order valence-corrected chi connectivity index (χ3v) is 5.43. The molecule has 1 aliphatic rings. The third kappa shape index (κ3) is 5.75. The number of carbonyl (C=O) groups is 3. The van der Waals surface area contributed by atoms with Crippen molar-refractivity contribution in [2.24, 2.45) is 5.73 Å². The van der Waals surface area contributed by atoms with Gasteiger partial charge in [0.05, 0.1) is 6.04 Å². The summed E-state index contributed by atoms with van der Waals surface area (Å²) in [7, 11) is 0. The number of β-lactam (4-membered cyclic amide) rings is 1. The van der Waals surface area contributed by atoms with E-state index in [0.29, 0.717) is 6.42 Å². The fourth-order valence-electron chi connectivity index (χ4n) is 3.76. The SMILES string of the molecule is CCCCC(C(=O)OCc1ccccc1)N1C(=O)C(NC(N)=O)C1C=Cc1ccccc1. The van der Waals surface area contributed by atoms with Gasteiger partial charge >= 0.3 is 12.0 Å². The molecule has 32 heavy (non-hydrogen) atoms. The molecule has 0 radical (unpaired) electrons. The van der Waals surface area contributed by atoms with Crippen LogP contribution in [0.15, 0.2) is 66.7 Å². The van der Waals surface area contributed by atoms with E-state index in [0.717, 1.165) is 24.0 Å². The van der Waals surface area contributed by atoms with Gasteiger partial charge in [-0.15, -0.1) is 0 Å². The van der Waals surface area contributed by atoms with Crippen molar-refractivity contribution in [3.8, 4) is 0 Å². The van der Waals surface area contributed by atoms with Crippen molar-refractivity contribution in [3.05, 3.63) is 77.9 Å². The van der Waals surface area contributed by atoms with Crippen LogP contribution in [0.5, 0.6) is 0 Å². The highest BCUT2D eigenvalue weighted by molar-refractivity contribution is 5.97. The van der Waals surface area contributed by atoms with E-state index in [-0.39, 0.29) is 12.5 Å². The normalized spacial score (nSPS) is 18.8. The van der Waals surface area contributed by atoms with Crippen molar-refractivity contribution in [1.82, 2.24) is 10.2 Å². The van der Waals surface area contributed by atoms with Crippen molar-refractivity contribution < 1.29 is 19.1 Å². The Bertz CT molecular complexity index is 946. The molecule has 0 aromatic heterocycles. The van der Waals surface area contributed by atoms with Crippen LogP contribution in [0.4, 0.5) is 4.79 Å². The first kappa shape index (κ1) is 23.1.